The SMILES string of the molecule is COc1cccc([C@@H]2C[C@H]2C(=O)N2CC[C@@H](N3CC=CC3)C2)c1. The van der Waals surface area contributed by atoms with Crippen LogP contribution in [-0.2, 0) is 4.79 Å². The maximum absolute atomic E-state index is 12.8. The Labute approximate surface area is 137 Å². The number of likely N-dealkylation sites (tertiary alicyclic amines) is 1. The predicted molar refractivity (Wildman–Crippen MR) is 89.5 cm³/mol. The predicted octanol–water partition coefficient (Wildman–Crippen LogP) is 2.27. The van der Waals surface area contributed by atoms with E-state index in [0.717, 1.165) is 44.8 Å². The van der Waals surface area contributed by atoms with Gasteiger partial charge in [-0.25, -0.2) is 0 Å². The first kappa shape index (κ1) is 14.8. The van der Waals surface area contributed by atoms with E-state index < -0.39 is 0 Å². The van der Waals surface area contributed by atoms with Crippen molar-refractivity contribution in [3.8, 4) is 5.75 Å². The first-order valence-electron chi connectivity index (χ1n) is 8.58. The number of methoxy groups -OCH3 is 1. The molecule has 1 saturated carbocycles. The summed E-state index contributed by atoms with van der Waals surface area (Å²) < 4.78 is 5.29. The molecule has 3 aliphatic rings. The number of rotatable bonds is 4. The third kappa shape index (κ3) is 2.88. The second-order valence-electron chi connectivity index (χ2n) is 6.88. The molecule has 0 spiro atoms. The van der Waals surface area contributed by atoms with Gasteiger partial charge in [0.2, 0.25) is 5.91 Å². The van der Waals surface area contributed by atoms with Gasteiger partial charge in [0.05, 0.1) is 7.11 Å². The van der Waals surface area contributed by atoms with E-state index in [1.165, 1.54) is 5.56 Å². The Kier molecular flexibility index (Phi) is 3.85. The Morgan fingerprint density at radius 3 is 2.87 bits per heavy atom. The minimum Gasteiger partial charge on any atom is -0.497 e. The molecule has 2 aliphatic heterocycles. The number of hydrogen-bond donors (Lipinski definition) is 0. The zero-order chi connectivity index (χ0) is 15.8. The van der Waals surface area contributed by atoms with Crippen molar-refractivity contribution in [2.75, 3.05) is 33.3 Å². The molecule has 1 saturated heterocycles. The molecule has 2 heterocycles. The molecule has 0 N–H and O–H groups in total. The molecule has 3 atom stereocenters. The zero-order valence-electron chi connectivity index (χ0n) is 13.6. The van der Waals surface area contributed by atoms with Crippen LogP contribution in [0, 0.1) is 5.92 Å². The van der Waals surface area contributed by atoms with Gasteiger partial charge in [-0.15, -0.1) is 0 Å². The first-order valence-corrected chi connectivity index (χ1v) is 8.58. The largest absolute Gasteiger partial charge is 0.497 e. The Balaban J connectivity index is 1.35. The molecule has 0 unspecified atom stereocenters. The third-order valence-electron chi connectivity index (χ3n) is 5.47. The molecule has 1 aliphatic carbocycles. The third-order valence-corrected chi connectivity index (χ3v) is 5.47. The van der Waals surface area contributed by atoms with Crippen LogP contribution < -0.4 is 4.74 Å². The average Bonchev–Trinajstić information content (AvgIpc) is 3.00. The highest BCUT2D eigenvalue weighted by Gasteiger charge is 2.47. The fourth-order valence-electron chi connectivity index (χ4n) is 3.98. The van der Waals surface area contributed by atoms with Crippen LogP contribution in [0.15, 0.2) is 36.4 Å². The second-order valence-corrected chi connectivity index (χ2v) is 6.88. The fourth-order valence-corrected chi connectivity index (χ4v) is 3.98. The van der Waals surface area contributed by atoms with Gasteiger partial charge >= 0.3 is 0 Å². The summed E-state index contributed by atoms with van der Waals surface area (Å²) in [6, 6.07) is 8.70. The van der Waals surface area contributed by atoms with Gasteiger partial charge in [-0.05, 0) is 36.5 Å². The topological polar surface area (TPSA) is 32.8 Å². The van der Waals surface area contributed by atoms with E-state index >= 15 is 0 Å². The van der Waals surface area contributed by atoms with Gasteiger partial charge in [0, 0.05) is 38.1 Å². The molecule has 1 amide bonds. The van der Waals surface area contributed by atoms with Gasteiger partial charge in [-0.2, -0.15) is 0 Å². The lowest BCUT2D eigenvalue weighted by Crippen LogP contribution is -2.38. The number of carbonyl (C=O) groups excluding carboxylic acids is 1. The second kappa shape index (κ2) is 6.00. The van der Waals surface area contributed by atoms with Crippen molar-refractivity contribution in [1.82, 2.24) is 9.80 Å². The summed E-state index contributed by atoms with van der Waals surface area (Å²) in [4.78, 5) is 17.3. The van der Waals surface area contributed by atoms with Gasteiger partial charge in [-0.3, -0.25) is 9.69 Å². The van der Waals surface area contributed by atoms with E-state index in [4.69, 9.17) is 4.74 Å². The van der Waals surface area contributed by atoms with E-state index in [1.54, 1.807) is 7.11 Å². The number of ether oxygens (including phenoxy) is 1. The van der Waals surface area contributed by atoms with Crippen molar-refractivity contribution in [2.24, 2.45) is 5.92 Å². The zero-order valence-corrected chi connectivity index (χ0v) is 13.6. The minimum absolute atomic E-state index is 0.178. The molecule has 4 heteroatoms. The van der Waals surface area contributed by atoms with Crippen molar-refractivity contribution in [1.29, 1.82) is 0 Å². The normalized spacial score (nSPS) is 30.0. The van der Waals surface area contributed by atoms with Crippen molar-refractivity contribution in [3.63, 3.8) is 0 Å². The molecule has 4 rings (SSSR count). The summed E-state index contributed by atoms with van der Waals surface area (Å²) in [5.74, 6) is 1.79. The maximum Gasteiger partial charge on any atom is 0.226 e. The number of carbonyl (C=O) groups is 1. The molecule has 122 valence electrons. The number of nitrogens with zero attached hydrogens (tertiary/aromatic N) is 2. The Morgan fingerprint density at radius 1 is 1.26 bits per heavy atom. The Hall–Kier alpha value is -1.81. The fraction of sp³-hybridized carbons (Fsp3) is 0.526. The summed E-state index contributed by atoms with van der Waals surface area (Å²) in [7, 11) is 1.69. The molecule has 0 radical (unpaired) electrons. The number of benzene rings is 1. The molecule has 23 heavy (non-hydrogen) atoms. The Morgan fingerprint density at radius 2 is 2.09 bits per heavy atom. The van der Waals surface area contributed by atoms with Crippen LogP contribution in [0.25, 0.3) is 0 Å². The van der Waals surface area contributed by atoms with Crippen molar-refractivity contribution in [3.05, 3.63) is 42.0 Å². The van der Waals surface area contributed by atoms with E-state index in [0.29, 0.717) is 17.9 Å². The highest BCUT2D eigenvalue weighted by molar-refractivity contribution is 5.83. The summed E-state index contributed by atoms with van der Waals surface area (Å²) in [6.45, 7) is 3.91. The van der Waals surface area contributed by atoms with Crippen LogP contribution in [0.3, 0.4) is 0 Å². The molecular weight excluding hydrogens is 288 g/mol. The van der Waals surface area contributed by atoms with Crippen molar-refractivity contribution in [2.45, 2.75) is 24.8 Å². The van der Waals surface area contributed by atoms with Gasteiger partial charge in [0.1, 0.15) is 5.75 Å². The van der Waals surface area contributed by atoms with Crippen LogP contribution in [-0.4, -0.2) is 55.0 Å². The van der Waals surface area contributed by atoms with Crippen LogP contribution >= 0.6 is 0 Å². The number of amides is 1. The van der Waals surface area contributed by atoms with Crippen LogP contribution in [0.1, 0.15) is 24.3 Å². The van der Waals surface area contributed by atoms with E-state index in [2.05, 4.69) is 34.1 Å². The standard InChI is InChI=1S/C19H24N2O2/c1-23-16-6-4-5-14(11-16)17-12-18(17)19(22)21-10-7-15(13-21)20-8-2-3-9-20/h2-6,11,15,17-18H,7-10,12-13H2,1H3/t15-,17+,18-/m1/s1. The Bertz CT molecular complexity index is 620. The van der Waals surface area contributed by atoms with Gasteiger partial charge in [0.15, 0.2) is 0 Å². The average molecular weight is 312 g/mol. The molecule has 4 nitrogen and oxygen atoms in total. The number of hydrogen-bond acceptors (Lipinski definition) is 3. The molecule has 0 aromatic heterocycles. The van der Waals surface area contributed by atoms with E-state index in [1.807, 2.05) is 12.1 Å². The molecule has 1 aromatic carbocycles. The summed E-state index contributed by atoms with van der Waals surface area (Å²) in [6.07, 6.45) is 6.55. The van der Waals surface area contributed by atoms with Crippen molar-refractivity contribution >= 4 is 5.91 Å². The van der Waals surface area contributed by atoms with Crippen LogP contribution in [0.2, 0.25) is 0 Å². The van der Waals surface area contributed by atoms with Gasteiger partial charge in [0.25, 0.3) is 0 Å². The summed E-state index contributed by atoms with van der Waals surface area (Å²) in [5.41, 5.74) is 1.24. The molecule has 2 fully saturated rings. The lowest BCUT2D eigenvalue weighted by atomic mass is 10.1. The maximum atomic E-state index is 12.8. The first-order chi connectivity index (χ1) is 11.3. The smallest absolute Gasteiger partial charge is 0.226 e. The monoisotopic (exact) mass is 312 g/mol. The van der Waals surface area contributed by atoms with Crippen LogP contribution in [0.4, 0.5) is 0 Å². The molecule has 1 aromatic rings. The summed E-state index contributed by atoms with van der Waals surface area (Å²) in [5, 5.41) is 0. The minimum atomic E-state index is 0.178. The highest BCUT2D eigenvalue weighted by Crippen LogP contribution is 2.49. The van der Waals surface area contributed by atoms with Gasteiger partial charge < -0.3 is 9.64 Å². The highest BCUT2D eigenvalue weighted by atomic mass is 16.5. The van der Waals surface area contributed by atoms with Gasteiger partial charge in [-0.1, -0.05) is 24.3 Å². The summed E-state index contributed by atoms with van der Waals surface area (Å²) >= 11 is 0. The molecular formula is C19H24N2O2. The molecule has 0 bridgehead atoms. The lowest BCUT2D eigenvalue weighted by molar-refractivity contribution is -0.131. The lowest BCUT2D eigenvalue weighted by Gasteiger charge is -2.23. The quantitative estimate of drug-likeness (QED) is 0.800. The van der Waals surface area contributed by atoms with E-state index in [9.17, 15) is 4.79 Å². The van der Waals surface area contributed by atoms with Crippen molar-refractivity contribution < 1.29 is 9.53 Å². The van der Waals surface area contributed by atoms with E-state index in [-0.39, 0.29) is 5.92 Å². The van der Waals surface area contributed by atoms with Crippen LogP contribution in [0.5, 0.6) is 5.75 Å².